The van der Waals surface area contributed by atoms with E-state index in [1.54, 1.807) is 29.4 Å². The van der Waals surface area contributed by atoms with E-state index in [4.69, 9.17) is 32.7 Å². The molecule has 0 fully saturated rings. The van der Waals surface area contributed by atoms with Gasteiger partial charge < -0.3 is 14.4 Å². The Bertz CT molecular complexity index is 1140. The summed E-state index contributed by atoms with van der Waals surface area (Å²) >= 11 is 13.0. The zero-order chi connectivity index (χ0) is 25.5. The first-order valence-corrected chi connectivity index (χ1v) is 12.4. The van der Waals surface area contributed by atoms with Crippen LogP contribution in [0.3, 0.4) is 0 Å². The van der Waals surface area contributed by atoms with Crippen molar-refractivity contribution in [2.45, 2.75) is 59.1 Å². The van der Waals surface area contributed by atoms with Gasteiger partial charge in [-0.2, -0.15) is 0 Å². The number of benzene rings is 1. The zero-order valence-electron chi connectivity index (χ0n) is 20.3. The largest absolute Gasteiger partial charge is 0.489 e. The molecular weight excluding hydrogens is 487 g/mol. The second-order valence-electron chi connectivity index (χ2n) is 8.65. The van der Waals surface area contributed by atoms with Crippen molar-refractivity contribution in [3.8, 4) is 5.75 Å². The van der Waals surface area contributed by atoms with Crippen molar-refractivity contribution in [2.75, 3.05) is 11.5 Å². The van der Waals surface area contributed by atoms with Crippen molar-refractivity contribution in [3.05, 3.63) is 75.6 Å². The normalized spacial score (nSPS) is 13.5. The molecule has 1 amide bonds. The highest BCUT2D eigenvalue weighted by Crippen LogP contribution is 2.39. The van der Waals surface area contributed by atoms with Gasteiger partial charge in [0, 0.05) is 29.6 Å². The van der Waals surface area contributed by atoms with Crippen molar-refractivity contribution in [1.82, 2.24) is 4.98 Å². The third kappa shape index (κ3) is 6.65. The maximum absolute atomic E-state index is 14.1. The lowest BCUT2D eigenvalue weighted by Gasteiger charge is -2.29. The van der Waals surface area contributed by atoms with Crippen molar-refractivity contribution < 1.29 is 19.1 Å². The summed E-state index contributed by atoms with van der Waals surface area (Å²) in [7, 11) is 0. The average molecular weight is 517 g/mol. The molecule has 35 heavy (non-hydrogen) atoms. The van der Waals surface area contributed by atoms with Crippen LogP contribution < -0.4 is 9.64 Å². The molecule has 0 saturated heterocycles. The number of esters is 1. The lowest BCUT2D eigenvalue weighted by atomic mass is 9.90. The highest BCUT2D eigenvalue weighted by molar-refractivity contribution is 6.37. The topological polar surface area (TPSA) is 68.7 Å². The van der Waals surface area contributed by atoms with Crippen LogP contribution in [0, 0.1) is 6.92 Å². The van der Waals surface area contributed by atoms with Gasteiger partial charge in [-0.25, -0.2) is 4.79 Å². The highest BCUT2D eigenvalue weighted by atomic mass is 35.5. The van der Waals surface area contributed by atoms with Crippen molar-refractivity contribution in [1.29, 1.82) is 0 Å². The van der Waals surface area contributed by atoms with Gasteiger partial charge in [0.2, 0.25) is 0 Å². The van der Waals surface area contributed by atoms with E-state index in [2.05, 4.69) is 11.6 Å². The molecule has 1 heterocycles. The average Bonchev–Trinajstić information content (AvgIpc) is 2.83. The van der Waals surface area contributed by atoms with Gasteiger partial charge in [-0.05, 0) is 69.7 Å². The SMILES string of the molecule is C=CCOC(=O)C1=C(C(=O)N(Cc2cnccc2C)c2cc(OC(C)C)c(Cl)cc2Cl)CCCC1. The van der Waals surface area contributed by atoms with Crippen LogP contribution in [0.15, 0.2) is 54.4 Å². The molecule has 0 aliphatic heterocycles. The molecule has 1 aliphatic rings. The van der Waals surface area contributed by atoms with E-state index in [1.165, 1.54) is 6.08 Å². The molecule has 0 saturated carbocycles. The third-order valence-electron chi connectivity index (χ3n) is 5.68. The third-order valence-corrected chi connectivity index (χ3v) is 6.28. The fraction of sp³-hybridized carbons (Fsp3) is 0.370. The van der Waals surface area contributed by atoms with Crippen molar-refractivity contribution in [2.24, 2.45) is 0 Å². The van der Waals surface area contributed by atoms with Gasteiger partial charge in [-0.15, -0.1) is 0 Å². The number of carbonyl (C=O) groups excluding carboxylic acids is 2. The molecule has 0 radical (unpaired) electrons. The molecule has 1 aliphatic carbocycles. The summed E-state index contributed by atoms with van der Waals surface area (Å²) in [5.74, 6) is -0.375. The number of ether oxygens (including phenoxy) is 2. The number of hydrogen-bond acceptors (Lipinski definition) is 5. The molecule has 186 valence electrons. The van der Waals surface area contributed by atoms with Crippen LogP contribution in [0.25, 0.3) is 0 Å². The Morgan fingerprint density at radius 1 is 1.17 bits per heavy atom. The minimum Gasteiger partial charge on any atom is -0.489 e. The van der Waals surface area contributed by atoms with Gasteiger partial charge >= 0.3 is 5.97 Å². The van der Waals surface area contributed by atoms with Crippen LogP contribution in [-0.4, -0.2) is 29.6 Å². The lowest BCUT2D eigenvalue weighted by Crippen LogP contribution is -2.34. The molecular formula is C27H30Cl2N2O4. The second-order valence-corrected chi connectivity index (χ2v) is 9.46. The molecule has 1 aromatic carbocycles. The highest BCUT2D eigenvalue weighted by Gasteiger charge is 2.30. The quantitative estimate of drug-likeness (QED) is 0.276. The van der Waals surface area contributed by atoms with Gasteiger partial charge in [0.1, 0.15) is 12.4 Å². The van der Waals surface area contributed by atoms with Crippen LogP contribution in [0.4, 0.5) is 5.69 Å². The van der Waals surface area contributed by atoms with Crippen LogP contribution in [-0.2, 0) is 20.9 Å². The van der Waals surface area contributed by atoms with Gasteiger partial charge in [-0.1, -0.05) is 35.9 Å². The van der Waals surface area contributed by atoms with Crippen LogP contribution in [0.2, 0.25) is 10.0 Å². The molecule has 8 heteroatoms. The maximum Gasteiger partial charge on any atom is 0.334 e. The van der Waals surface area contributed by atoms with E-state index >= 15 is 0 Å². The Hall–Kier alpha value is -2.83. The first-order valence-electron chi connectivity index (χ1n) is 11.6. The fourth-order valence-corrected chi connectivity index (χ4v) is 4.45. The van der Waals surface area contributed by atoms with Gasteiger partial charge in [0.15, 0.2) is 0 Å². The summed E-state index contributed by atoms with van der Waals surface area (Å²) in [4.78, 5) is 32.6. The summed E-state index contributed by atoms with van der Waals surface area (Å²) in [5, 5.41) is 0.649. The number of carbonyl (C=O) groups is 2. The lowest BCUT2D eigenvalue weighted by molar-refractivity contribution is -0.138. The number of amides is 1. The van der Waals surface area contributed by atoms with Crippen molar-refractivity contribution in [3.63, 3.8) is 0 Å². The minimum atomic E-state index is -0.489. The monoisotopic (exact) mass is 516 g/mol. The van der Waals surface area contributed by atoms with Crippen molar-refractivity contribution >= 4 is 40.8 Å². The summed E-state index contributed by atoms with van der Waals surface area (Å²) in [6.45, 7) is 9.61. The number of hydrogen-bond donors (Lipinski definition) is 0. The first-order chi connectivity index (χ1) is 16.7. The number of aryl methyl sites for hydroxylation is 1. The predicted molar refractivity (Wildman–Crippen MR) is 139 cm³/mol. The number of halogens is 2. The maximum atomic E-state index is 14.1. The molecule has 0 N–H and O–H groups in total. The number of nitrogens with zero attached hydrogens (tertiary/aromatic N) is 2. The molecule has 0 bridgehead atoms. The number of pyridine rings is 1. The predicted octanol–water partition coefficient (Wildman–Crippen LogP) is 6.62. The number of rotatable bonds is 9. The molecule has 2 aromatic rings. The molecule has 3 rings (SSSR count). The zero-order valence-corrected chi connectivity index (χ0v) is 21.8. The van der Waals surface area contributed by atoms with Crippen LogP contribution >= 0.6 is 23.2 Å². The molecule has 0 unspecified atom stereocenters. The summed E-state index contributed by atoms with van der Waals surface area (Å²) in [6, 6.07) is 5.13. The summed E-state index contributed by atoms with van der Waals surface area (Å²) in [6.07, 6.45) is 7.36. The Kier molecular flexibility index (Phi) is 9.35. The molecule has 1 aromatic heterocycles. The standard InChI is InChI=1S/C27H30Cl2N2O4/c1-5-12-34-27(33)21-9-7-6-8-20(21)26(32)31(16-19-15-30-11-10-18(19)4)24-14-25(35-17(2)3)23(29)13-22(24)28/h5,10-11,13-15,17H,1,6-9,12,16H2,2-4H3. The van der Waals surface area contributed by atoms with E-state index in [-0.39, 0.29) is 25.2 Å². The molecule has 0 spiro atoms. The van der Waals surface area contributed by atoms with E-state index in [0.29, 0.717) is 45.5 Å². The molecule has 6 nitrogen and oxygen atoms in total. The first kappa shape index (κ1) is 26.8. The Morgan fingerprint density at radius 3 is 2.54 bits per heavy atom. The Morgan fingerprint density at radius 2 is 1.89 bits per heavy atom. The smallest absolute Gasteiger partial charge is 0.334 e. The summed E-state index contributed by atoms with van der Waals surface area (Å²) < 4.78 is 11.1. The van der Waals surface area contributed by atoms with Gasteiger partial charge in [0.05, 0.1) is 28.4 Å². The number of aromatic nitrogens is 1. The van der Waals surface area contributed by atoms with Crippen LogP contribution in [0.5, 0.6) is 5.75 Å². The van der Waals surface area contributed by atoms with Gasteiger partial charge in [-0.3, -0.25) is 9.78 Å². The fourth-order valence-electron chi connectivity index (χ4n) is 3.92. The second kappa shape index (κ2) is 12.2. The number of anilines is 1. The van der Waals surface area contributed by atoms with Crippen LogP contribution in [0.1, 0.15) is 50.7 Å². The van der Waals surface area contributed by atoms with E-state index in [9.17, 15) is 9.59 Å². The summed E-state index contributed by atoms with van der Waals surface area (Å²) in [5.41, 5.74) is 3.11. The Balaban J connectivity index is 2.13. The molecule has 0 atom stereocenters. The minimum absolute atomic E-state index is 0.0846. The Labute approximate surface area is 216 Å². The van der Waals surface area contributed by atoms with E-state index in [1.807, 2.05) is 26.8 Å². The van der Waals surface area contributed by atoms with E-state index in [0.717, 1.165) is 24.0 Å². The van der Waals surface area contributed by atoms with Gasteiger partial charge in [0.25, 0.3) is 5.91 Å². The van der Waals surface area contributed by atoms with E-state index < -0.39 is 5.97 Å².